The Balaban J connectivity index is 2.02. The van der Waals surface area contributed by atoms with Crippen molar-refractivity contribution in [2.45, 2.75) is 33.4 Å². The molecule has 0 radical (unpaired) electrons. The lowest BCUT2D eigenvalue weighted by atomic mass is 10.1. The van der Waals surface area contributed by atoms with Gasteiger partial charge in [0.05, 0.1) is 10.7 Å². The number of aryl methyl sites for hydroxylation is 2. The van der Waals surface area contributed by atoms with Crippen molar-refractivity contribution in [1.82, 2.24) is 0 Å². The predicted molar refractivity (Wildman–Crippen MR) is 117 cm³/mol. The maximum Gasteiger partial charge on any atom is 0.0972 e. The second-order valence-corrected chi connectivity index (χ2v) is 8.47. The van der Waals surface area contributed by atoms with E-state index in [0.717, 1.165) is 22.2 Å². The maximum absolute atomic E-state index is 4.81. The van der Waals surface area contributed by atoms with E-state index in [-0.39, 0.29) is 0 Å². The second kappa shape index (κ2) is 10.5. The average molecular weight is 370 g/mol. The first-order chi connectivity index (χ1) is 12.0. The summed E-state index contributed by atoms with van der Waals surface area (Å²) in [5, 5.41) is 3.25. The number of thioether (sulfide) groups is 2. The third kappa shape index (κ3) is 7.54. The molecule has 0 spiro atoms. The fraction of sp³-hybridized carbons (Fsp3) is 0.318. The average Bonchev–Trinajstić information content (AvgIpc) is 2.59. The van der Waals surface area contributed by atoms with Gasteiger partial charge in [0.25, 0.3) is 0 Å². The van der Waals surface area contributed by atoms with E-state index in [0.29, 0.717) is 5.92 Å². The first-order valence-electron chi connectivity index (χ1n) is 8.65. The molecule has 0 aliphatic heterocycles. The van der Waals surface area contributed by atoms with Gasteiger partial charge in [-0.2, -0.15) is 0 Å². The van der Waals surface area contributed by atoms with Gasteiger partial charge in [0.2, 0.25) is 0 Å². The molecule has 2 aromatic carbocycles. The predicted octanol–water partition coefficient (Wildman–Crippen LogP) is 7.17. The van der Waals surface area contributed by atoms with E-state index in [4.69, 9.17) is 4.99 Å². The van der Waals surface area contributed by atoms with E-state index in [1.54, 1.807) is 0 Å². The normalized spacial score (nSPS) is 12.3. The minimum absolute atomic E-state index is 0.654. The highest BCUT2D eigenvalue weighted by Gasteiger charge is 2.01. The van der Waals surface area contributed by atoms with Crippen LogP contribution >= 0.6 is 23.5 Å². The highest BCUT2D eigenvalue weighted by Crippen LogP contribution is 2.21. The Morgan fingerprint density at radius 3 is 2.44 bits per heavy atom. The first kappa shape index (κ1) is 19.9. The number of hydrogen-bond acceptors (Lipinski definition) is 3. The molecule has 0 fully saturated rings. The summed E-state index contributed by atoms with van der Waals surface area (Å²) < 4.78 is 0. The zero-order valence-corrected chi connectivity index (χ0v) is 17.2. The van der Waals surface area contributed by atoms with Crippen LogP contribution in [0.1, 0.15) is 30.5 Å². The molecule has 0 saturated heterocycles. The Morgan fingerprint density at radius 2 is 1.76 bits per heavy atom. The molecule has 1 nitrogen and oxygen atoms in total. The largest absolute Gasteiger partial charge is 0.242 e. The van der Waals surface area contributed by atoms with Crippen molar-refractivity contribution in [2.24, 2.45) is 10.9 Å². The lowest BCUT2D eigenvalue weighted by molar-refractivity contribution is 0.752. The molecule has 2 rings (SSSR count). The van der Waals surface area contributed by atoms with Crippen LogP contribution in [-0.4, -0.2) is 10.8 Å². The monoisotopic (exact) mass is 369 g/mol. The summed E-state index contributed by atoms with van der Waals surface area (Å²) >= 11 is 3.65. The number of aliphatic imine (C=N–C) groups is 1. The molecule has 132 valence electrons. The topological polar surface area (TPSA) is 12.4 Å². The summed E-state index contributed by atoms with van der Waals surface area (Å²) in [6.07, 6.45) is 2.15. The molecule has 0 N–H and O–H groups in total. The maximum atomic E-state index is 4.81. The van der Waals surface area contributed by atoms with Crippen molar-refractivity contribution in [3.8, 4) is 0 Å². The second-order valence-electron chi connectivity index (χ2n) is 6.53. The number of benzene rings is 2. The van der Waals surface area contributed by atoms with Crippen molar-refractivity contribution < 1.29 is 0 Å². The fourth-order valence-corrected chi connectivity index (χ4v) is 3.88. The highest BCUT2D eigenvalue weighted by molar-refractivity contribution is 8.14. The molecule has 0 amide bonds. The summed E-state index contributed by atoms with van der Waals surface area (Å²) in [5.41, 5.74) is 5.03. The van der Waals surface area contributed by atoms with Gasteiger partial charge in [0, 0.05) is 11.5 Å². The molecular formula is C22H27NS2. The first-order valence-corrected chi connectivity index (χ1v) is 10.7. The molecule has 0 heterocycles. The summed E-state index contributed by atoms with van der Waals surface area (Å²) in [6, 6.07) is 17.0. The van der Waals surface area contributed by atoms with Crippen LogP contribution in [0.15, 0.2) is 65.0 Å². The molecule has 0 aromatic heterocycles. The van der Waals surface area contributed by atoms with Gasteiger partial charge in [-0.15, -0.1) is 23.5 Å². The molecule has 0 aliphatic carbocycles. The summed E-state index contributed by atoms with van der Waals surface area (Å²) in [4.78, 5) is 4.81. The third-order valence-corrected chi connectivity index (χ3v) is 5.81. The molecule has 25 heavy (non-hydrogen) atoms. The van der Waals surface area contributed by atoms with Crippen LogP contribution in [0.3, 0.4) is 0 Å². The molecular weight excluding hydrogens is 342 g/mol. The van der Waals surface area contributed by atoms with Crippen LogP contribution in [0.25, 0.3) is 0 Å². The number of rotatable bonds is 7. The Hall–Kier alpha value is -1.45. The Morgan fingerprint density at radius 1 is 1.04 bits per heavy atom. The van der Waals surface area contributed by atoms with E-state index >= 15 is 0 Å². The van der Waals surface area contributed by atoms with E-state index in [1.165, 1.54) is 16.7 Å². The molecule has 0 aliphatic rings. The van der Waals surface area contributed by atoms with Gasteiger partial charge in [0.15, 0.2) is 0 Å². The van der Waals surface area contributed by atoms with Crippen LogP contribution < -0.4 is 0 Å². The van der Waals surface area contributed by atoms with Crippen LogP contribution in [0, 0.1) is 19.8 Å². The van der Waals surface area contributed by atoms with E-state index in [2.05, 4.69) is 87.7 Å². The van der Waals surface area contributed by atoms with Crippen molar-refractivity contribution in [3.05, 3.63) is 76.7 Å². The molecule has 0 atom stereocenters. The minimum atomic E-state index is 0.654. The molecule has 0 saturated carbocycles. The zero-order chi connectivity index (χ0) is 18.1. The molecule has 3 heteroatoms. The van der Waals surface area contributed by atoms with Gasteiger partial charge in [-0.05, 0) is 54.5 Å². The van der Waals surface area contributed by atoms with Crippen molar-refractivity contribution >= 4 is 34.3 Å². The Kier molecular flexibility index (Phi) is 8.36. The van der Waals surface area contributed by atoms with Gasteiger partial charge < -0.3 is 0 Å². The third-order valence-electron chi connectivity index (χ3n) is 3.64. The number of nitrogens with zero attached hydrogens (tertiary/aromatic N) is 1. The van der Waals surface area contributed by atoms with Gasteiger partial charge >= 0.3 is 0 Å². The van der Waals surface area contributed by atoms with Crippen LogP contribution in [0.5, 0.6) is 0 Å². The van der Waals surface area contributed by atoms with E-state index < -0.39 is 0 Å². The van der Waals surface area contributed by atoms with Crippen LogP contribution in [0.4, 0.5) is 5.69 Å². The van der Waals surface area contributed by atoms with Crippen molar-refractivity contribution in [1.29, 1.82) is 0 Å². The lowest BCUT2D eigenvalue weighted by Crippen LogP contribution is -1.95. The van der Waals surface area contributed by atoms with E-state index in [1.807, 2.05) is 23.5 Å². The standard InChI is InChI=1S/C22H27NS2/c1-17(2)15-25-22(23-21-11-9-18(3)10-12-21)13-14-24-16-20-8-6-5-7-19(20)4/h5-14,17H,15-16H2,1-4H3. The van der Waals surface area contributed by atoms with Gasteiger partial charge in [-0.1, -0.05) is 55.8 Å². The summed E-state index contributed by atoms with van der Waals surface area (Å²) in [6.45, 7) is 8.76. The van der Waals surface area contributed by atoms with Gasteiger partial charge in [-0.3, -0.25) is 0 Å². The quantitative estimate of drug-likeness (QED) is 0.379. The van der Waals surface area contributed by atoms with Crippen LogP contribution in [-0.2, 0) is 5.75 Å². The van der Waals surface area contributed by atoms with Gasteiger partial charge in [0.1, 0.15) is 0 Å². The van der Waals surface area contributed by atoms with Gasteiger partial charge in [-0.25, -0.2) is 4.99 Å². The zero-order valence-electron chi connectivity index (χ0n) is 15.5. The van der Waals surface area contributed by atoms with Crippen molar-refractivity contribution in [2.75, 3.05) is 5.75 Å². The summed E-state index contributed by atoms with van der Waals surface area (Å²) in [5.74, 6) is 2.73. The fourth-order valence-electron chi connectivity index (χ4n) is 2.13. The van der Waals surface area contributed by atoms with E-state index in [9.17, 15) is 0 Å². The lowest BCUT2D eigenvalue weighted by Gasteiger charge is -2.06. The van der Waals surface area contributed by atoms with Crippen molar-refractivity contribution in [3.63, 3.8) is 0 Å². The molecule has 2 aromatic rings. The Bertz CT molecular complexity index is 715. The molecule has 0 unspecified atom stereocenters. The van der Waals surface area contributed by atoms with Crippen LogP contribution in [0.2, 0.25) is 0 Å². The smallest absolute Gasteiger partial charge is 0.0972 e. The number of hydrogen-bond donors (Lipinski definition) is 0. The highest BCUT2D eigenvalue weighted by atomic mass is 32.2. The summed E-state index contributed by atoms with van der Waals surface area (Å²) in [7, 11) is 0. The SMILES string of the molecule is Cc1ccc(N=C(C=CSCc2ccccc2C)SCC(C)C)cc1. The Labute approximate surface area is 161 Å². The minimum Gasteiger partial charge on any atom is -0.242 e. The molecule has 0 bridgehead atoms.